The third-order valence-electron chi connectivity index (χ3n) is 3.04. The van der Waals surface area contributed by atoms with Gasteiger partial charge in [-0.3, -0.25) is 9.59 Å². The van der Waals surface area contributed by atoms with E-state index >= 15 is 0 Å². The molecule has 2 rings (SSSR count). The summed E-state index contributed by atoms with van der Waals surface area (Å²) in [5.74, 6) is -0.482. The van der Waals surface area contributed by atoms with Crippen molar-refractivity contribution in [3.63, 3.8) is 0 Å². The summed E-state index contributed by atoms with van der Waals surface area (Å²) in [6.07, 6.45) is 0.543. The fraction of sp³-hybridized carbons (Fsp3) is 0.667. The molecule has 0 unspecified atom stereocenters. The number of piperazine rings is 1. The van der Waals surface area contributed by atoms with Gasteiger partial charge in [-0.2, -0.15) is 17.8 Å². The molecule has 0 bridgehead atoms. The van der Waals surface area contributed by atoms with Crippen molar-refractivity contribution in [3.05, 3.63) is 0 Å². The molecule has 0 aromatic carbocycles. The van der Waals surface area contributed by atoms with E-state index in [0.717, 1.165) is 4.31 Å². The summed E-state index contributed by atoms with van der Waals surface area (Å²) in [6, 6.07) is 0. The van der Waals surface area contributed by atoms with E-state index in [4.69, 9.17) is 5.14 Å². The van der Waals surface area contributed by atoms with Gasteiger partial charge in [-0.15, -0.1) is 0 Å². The number of hydrazone groups is 1. The van der Waals surface area contributed by atoms with E-state index in [-0.39, 0.29) is 44.4 Å². The quantitative estimate of drug-likeness (QED) is 0.587. The number of hydrogen-bond donors (Lipinski definition) is 2. The molecule has 3 N–H and O–H groups in total. The minimum atomic E-state index is -3.70. The van der Waals surface area contributed by atoms with E-state index in [0.29, 0.717) is 12.1 Å². The predicted octanol–water partition coefficient (Wildman–Crippen LogP) is -2.40. The van der Waals surface area contributed by atoms with Crippen molar-refractivity contribution in [1.29, 1.82) is 0 Å². The molecule has 0 aromatic rings. The van der Waals surface area contributed by atoms with Crippen LogP contribution < -0.4 is 10.6 Å². The Labute approximate surface area is 110 Å². The number of nitrogens with one attached hydrogen (secondary N) is 1. The van der Waals surface area contributed by atoms with Crippen LogP contribution in [-0.4, -0.2) is 61.3 Å². The lowest BCUT2D eigenvalue weighted by molar-refractivity contribution is -0.125. The highest BCUT2D eigenvalue weighted by Gasteiger charge is 2.29. The lowest BCUT2D eigenvalue weighted by atomic mass is 10.1. The van der Waals surface area contributed by atoms with Crippen molar-refractivity contribution in [2.45, 2.75) is 12.8 Å². The SMILES string of the molecule is NS(=O)(=O)N1CCN(C(=O)C2=NNC(=O)CC2)CC1. The van der Waals surface area contributed by atoms with Gasteiger partial charge in [-0.1, -0.05) is 0 Å². The molecule has 0 atom stereocenters. The molecule has 2 heterocycles. The summed E-state index contributed by atoms with van der Waals surface area (Å²) in [7, 11) is -3.70. The second-order valence-electron chi connectivity index (χ2n) is 4.33. The van der Waals surface area contributed by atoms with Crippen LogP contribution in [0.2, 0.25) is 0 Å². The maximum absolute atomic E-state index is 12.1. The van der Waals surface area contributed by atoms with Crippen molar-refractivity contribution < 1.29 is 18.0 Å². The lowest BCUT2D eigenvalue weighted by Crippen LogP contribution is -2.54. The van der Waals surface area contributed by atoms with E-state index < -0.39 is 10.2 Å². The monoisotopic (exact) mass is 289 g/mol. The van der Waals surface area contributed by atoms with Crippen LogP contribution in [0.5, 0.6) is 0 Å². The fourth-order valence-electron chi connectivity index (χ4n) is 1.96. The topological polar surface area (TPSA) is 125 Å². The molecule has 19 heavy (non-hydrogen) atoms. The summed E-state index contributed by atoms with van der Waals surface area (Å²) in [6.45, 7) is 0.874. The highest BCUT2D eigenvalue weighted by Crippen LogP contribution is 2.08. The Hall–Kier alpha value is -1.52. The molecule has 2 aliphatic rings. The number of carbonyl (C=O) groups is 2. The zero-order valence-corrected chi connectivity index (χ0v) is 11.0. The van der Waals surface area contributed by atoms with E-state index in [1.807, 2.05) is 0 Å². The minimum absolute atomic E-state index is 0.171. The third kappa shape index (κ3) is 3.28. The number of nitrogens with zero attached hydrogens (tertiary/aromatic N) is 3. The first-order valence-corrected chi connectivity index (χ1v) is 7.31. The zero-order chi connectivity index (χ0) is 14.0. The van der Waals surface area contributed by atoms with Gasteiger partial charge in [0.25, 0.3) is 16.1 Å². The van der Waals surface area contributed by atoms with Crippen LogP contribution in [0.1, 0.15) is 12.8 Å². The molecule has 106 valence electrons. The first kappa shape index (κ1) is 13.9. The largest absolute Gasteiger partial charge is 0.335 e. The van der Waals surface area contributed by atoms with Crippen LogP contribution in [0.3, 0.4) is 0 Å². The highest BCUT2D eigenvalue weighted by molar-refractivity contribution is 7.86. The van der Waals surface area contributed by atoms with Crippen molar-refractivity contribution >= 4 is 27.7 Å². The van der Waals surface area contributed by atoms with Gasteiger partial charge in [0.15, 0.2) is 0 Å². The Morgan fingerprint density at radius 2 is 1.84 bits per heavy atom. The summed E-state index contributed by atoms with van der Waals surface area (Å²) in [5.41, 5.74) is 2.56. The number of rotatable bonds is 2. The maximum atomic E-state index is 12.1. The van der Waals surface area contributed by atoms with E-state index in [2.05, 4.69) is 10.5 Å². The predicted molar refractivity (Wildman–Crippen MR) is 66.1 cm³/mol. The summed E-state index contributed by atoms with van der Waals surface area (Å²) < 4.78 is 23.4. The molecule has 9 nitrogen and oxygen atoms in total. The molecule has 0 spiro atoms. The van der Waals surface area contributed by atoms with Crippen LogP contribution >= 0.6 is 0 Å². The maximum Gasteiger partial charge on any atom is 0.277 e. The molecular weight excluding hydrogens is 274 g/mol. The molecule has 0 aliphatic carbocycles. The van der Waals surface area contributed by atoms with Crippen molar-refractivity contribution in [2.24, 2.45) is 10.2 Å². The van der Waals surface area contributed by atoms with Gasteiger partial charge >= 0.3 is 0 Å². The smallest absolute Gasteiger partial charge is 0.277 e. The molecule has 1 fully saturated rings. The highest BCUT2D eigenvalue weighted by atomic mass is 32.2. The summed E-state index contributed by atoms with van der Waals surface area (Å²) >= 11 is 0. The molecule has 2 aliphatic heterocycles. The number of amides is 2. The minimum Gasteiger partial charge on any atom is -0.335 e. The number of hydrogen-bond acceptors (Lipinski definition) is 5. The normalized spacial score (nSPS) is 21.8. The van der Waals surface area contributed by atoms with Crippen molar-refractivity contribution in [1.82, 2.24) is 14.6 Å². The summed E-state index contributed by atoms with van der Waals surface area (Å²) in [5, 5.41) is 8.74. The van der Waals surface area contributed by atoms with Crippen LogP contribution in [0.15, 0.2) is 5.10 Å². The van der Waals surface area contributed by atoms with Gasteiger partial charge in [0, 0.05) is 39.0 Å². The molecule has 10 heteroatoms. The lowest BCUT2D eigenvalue weighted by Gasteiger charge is -2.33. The Kier molecular flexibility index (Phi) is 3.83. The second kappa shape index (κ2) is 5.23. The van der Waals surface area contributed by atoms with E-state index in [1.165, 1.54) is 4.90 Å². The number of carbonyl (C=O) groups excluding carboxylic acids is 2. The summed E-state index contributed by atoms with van der Waals surface area (Å²) in [4.78, 5) is 24.5. The van der Waals surface area contributed by atoms with Gasteiger partial charge in [-0.25, -0.2) is 10.6 Å². The standard InChI is InChI=1S/C9H15N5O4S/c10-19(17,18)14-5-3-13(4-6-14)9(16)7-1-2-8(15)12-11-7/h1-6H2,(H,12,15)(H2,10,17,18). The van der Waals surface area contributed by atoms with E-state index in [1.54, 1.807) is 0 Å². The fourth-order valence-corrected chi connectivity index (χ4v) is 2.63. The van der Waals surface area contributed by atoms with E-state index in [9.17, 15) is 18.0 Å². The Balaban J connectivity index is 1.95. The van der Waals surface area contributed by atoms with Crippen LogP contribution in [0, 0.1) is 0 Å². The molecule has 1 saturated heterocycles. The van der Waals surface area contributed by atoms with Crippen molar-refractivity contribution in [3.8, 4) is 0 Å². The van der Waals surface area contributed by atoms with Gasteiger partial charge in [0.1, 0.15) is 5.71 Å². The average molecular weight is 289 g/mol. The molecule has 2 amide bonds. The van der Waals surface area contributed by atoms with Gasteiger partial charge in [0.2, 0.25) is 5.91 Å². The molecule has 0 aromatic heterocycles. The van der Waals surface area contributed by atoms with Gasteiger partial charge in [-0.05, 0) is 0 Å². The average Bonchev–Trinajstić information content (AvgIpc) is 2.38. The first-order valence-electron chi connectivity index (χ1n) is 5.80. The first-order chi connectivity index (χ1) is 8.88. The molecular formula is C9H15N5O4S. The van der Waals surface area contributed by atoms with Gasteiger partial charge < -0.3 is 4.90 Å². The Morgan fingerprint density at radius 1 is 1.21 bits per heavy atom. The zero-order valence-electron chi connectivity index (χ0n) is 10.2. The Bertz CT molecular complexity index is 521. The van der Waals surface area contributed by atoms with Crippen LogP contribution in [-0.2, 0) is 19.8 Å². The molecule has 0 saturated carbocycles. The molecule has 0 radical (unpaired) electrons. The Morgan fingerprint density at radius 3 is 2.32 bits per heavy atom. The van der Waals surface area contributed by atoms with Crippen molar-refractivity contribution in [2.75, 3.05) is 26.2 Å². The third-order valence-corrected chi connectivity index (χ3v) is 4.12. The van der Waals surface area contributed by atoms with Crippen LogP contribution in [0.4, 0.5) is 0 Å². The second-order valence-corrected chi connectivity index (χ2v) is 5.88. The number of nitrogens with two attached hydrogens (primary N) is 1. The van der Waals surface area contributed by atoms with Crippen LogP contribution in [0.25, 0.3) is 0 Å². The van der Waals surface area contributed by atoms with Gasteiger partial charge in [0.05, 0.1) is 0 Å².